The molecule has 2 N–H and O–H groups in total. The monoisotopic (exact) mass is 280 g/mol. The summed E-state index contributed by atoms with van der Waals surface area (Å²) in [5.74, 6) is 0.423. The molecule has 1 heterocycles. The first-order valence-electron chi connectivity index (χ1n) is 7.24. The Kier molecular flexibility index (Phi) is 5.54. The molecule has 2 rings (SSSR count). The van der Waals surface area contributed by atoms with Crippen LogP contribution in [0.15, 0.2) is 30.3 Å². The van der Waals surface area contributed by atoms with E-state index in [1.165, 1.54) is 0 Å². The molecule has 1 aliphatic heterocycles. The van der Waals surface area contributed by atoms with Gasteiger partial charge in [-0.25, -0.2) is 0 Å². The van der Waals surface area contributed by atoms with Gasteiger partial charge < -0.3 is 19.7 Å². The molecule has 0 aliphatic carbocycles. The van der Waals surface area contributed by atoms with E-state index in [0.717, 1.165) is 5.56 Å². The first-order valence-corrected chi connectivity index (χ1v) is 7.24. The Morgan fingerprint density at radius 3 is 2.60 bits per heavy atom. The molecule has 0 radical (unpaired) electrons. The second kappa shape index (κ2) is 7.18. The van der Waals surface area contributed by atoms with Crippen molar-refractivity contribution in [3.8, 4) is 0 Å². The highest BCUT2D eigenvalue weighted by atomic mass is 16.7. The summed E-state index contributed by atoms with van der Waals surface area (Å²) in [5, 5.41) is 20.0. The van der Waals surface area contributed by atoms with Crippen LogP contribution in [0.4, 0.5) is 0 Å². The van der Waals surface area contributed by atoms with Gasteiger partial charge in [-0.3, -0.25) is 0 Å². The fraction of sp³-hybridized carbons (Fsp3) is 0.625. The van der Waals surface area contributed by atoms with E-state index in [1.807, 2.05) is 30.3 Å². The first kappa shape index (κ1) is 15.4. The van der Waals surface area contributed by atoms with Gasteiger partial charge in [0.2, 0.25) is 0 Å². The number of benzene rings is 1. The van der Waals surface area contributed by atoms with Crippen LogP contribution in [-0.4, -0.2) is 35.1 Å². The van der Waals surface area contributed by atoms with Crippen LogP contribution in [0.25, 0.3) is 0 Å². The van der Waals surface area contributed by atoms with Crippen LogP contribution < -0.4 is 0 Å². The van der Waals surface area contributed by atoms with Crippen LogP contribution in [0.3, 0.4) is 0 Å². The average Bonchev–Trinajstić information content (AvgIpc) is 2.41. The van der Waals surface area contributed by atoms with Crippen molar-refractivity contribution < 1.29 is 19.7 Å². The minimum atomic E-state index is -0.684. The maximum atomic E-state index is 10.0. The predicted octanol–water partition coefficient (Wildman–Crippen LogP) is 2.26. The molecular formula is C16H24O4. The van der Waals surface area contributed by atoms with E-state index >= 15 is 0 Å². The number of ether oxygens (including phenoxy) is 2. The maximum absolute atomic E-state index is 10.0. The van der Waals surface area contributed by atoms with Gasteiger partial charge in [-0.1, -0.05) is 44.2 Å². The SMILES string of the molecule is CC(C)C[C@H](O)C[C@@H]1OC(c2ccccc2)OC[C@H]1O. The lowest BCUT2D eigenvalue weighted by atomic mass is 9.98. The number of aliphatic hydroxyl groups excluding tert-OH is 2. The van der Waals surface area contributed by atoms with Crippen LogP contribution in [-0.2, 0) is 9.47 Å². The largest absolute Gasteiger partial charge is 0.393 e. The summed E-state index contributed by atoms with van der Waals surface area (Å²) in [7, 11) is 0. The molecule has 4 heteroatoms. The summed E-state index contributed by atoms with van der Waals surface area (Å²) in [6.45, 7) is 4.37. The molecule has 0 spiro atoms. The topological polar surface area (TPSA) is 58.9 Å². The first-order chi connectivity index (χ1) is 9.56. The molecule has 1 aliphatic rings. The minimum absolute atomic E-state index is 0.235. The van der Waals surface area contributed by atoms with Crippen molar-refractivity contribution in [2.75, 3.05) is 6.61 Å². The van der Waals surface area contributed by atoms with Gasteiger partial charge in [0, 0.05) is 12.0 Å². The van der Waals surface area contributed by atoms with Gasteiger partial charge in [-0.05, 0) is 12.3 Å². The molecule has 1 saturated heterocycles. The number of hydrogen-bond donors (Lipinski definition) is 2. The number of hydrogen-bond acceptors (Lipinski definition) is 4. The Labute approximate surface area is 120 Å². The van der Waals surface area contributed by atoms with Crippen LogP contribution in [0.2, 0.25) is 0 Å². The second-order valence-corrected chi connectivity index (χ2v) is 5.84. The molecule has 112 valence electrons. The predicted molar refractivity (Wildman–Crippen MR) is 76.1 cm³/mol. The molecule has 0 bridgehead atoms. The Morgan fingerprint density at radius 2 is 1.95 bits per heavy atom. The molecule has 20 heavy (non-hydrogen) atoms. The molecule has 1 aromatic rings. The van der Waals surface area contributed by atoms with Crippen molar-refractivity contribution in [1.29, 1.82) is 0 Å². The van der Waals surface area contributed by atoms with Gasteiger partial charge in [0.05, 0.1) is 18.8 Å². The van der Waals surface area contributed by atoms with Gasteiger partial charge >= 0.3 is 0 Å². The van der Waals surface area contributed by atoms with E-state index in [1.54, 1.807) is 0 Å². The molecule has 0 amide bonds. The molecule has 4 atom stereocenters. The average molecular weight is 280 g/mol. The van der Waals surface area contributed by atoms with Gasteiger partial charge in [-0.2, -0.15) is 0 Å². The van der Waals surface area contributed by atoms with E-state index in [0.29, 0.717) is 18.8 Å². The summed E-state index contributed by atoms with van der Waals surface area (Å²) in [4.78, 5) is 0. The minimum Gasteiger partial charge on any atom is -0.393 e. The lowest BCUT2D eigenvalue weighted by molar-refractivity contribution is -0.261. The van der Waals surface area contributed by atoms with E-state index in [2.05, 4.69) is 13.8 Å². The third-order valence-corrected chi connectivity index (χ3v) is 3.47. The van der Waals surface area contributed by atoms with Gasteiger partial charge in [0.15, 0.2) is 6.29 Å². The number of aliphatic hydroxyl groups is 2. The highest BCUT2D eigenvalue weighted by Gasteiger charge is 2.32. The number of rotatable bonds is 5. The second-order valence-electron chi connectivity index (χ2n) is 5.84. The normalized spacial score (nSPS) is 28.6. The molecule has 1 fully saturated rings. The van der Waals surface area contributed by atoms with Crippen LogP contribution in [0, 0.1) is 5.92 Å². The Bertz CT molecular complexity index is 393. The van der Waals surface area contributed by atoms with Crippen molar-refractivity contribution in [2.24, 2.45) is 5.92 Å². The van der Waals surface area contributed by atoms with Crippen molar-refractivity contribution in [1.82, 2.24) is 0 Å². The van der Waals surface area contributed by atoms with Crippen LogP contribution in [0.1, 0.15) is 38.5 Å². The highest BCUT2D eigenvalue weighted by molar-refractivity contribution is 5.16. The lowest BCUT2D eigenvalue weighted by Gasteiger charge is -2.35. The van der Waals surface area contributed by atoms with Crippen molar-refractivity contribution >= 4 is 0 Å². The van der Waals surface area contributed by atoms with Gasteiger partial charge in [0.1, 0.15) is 6.10 Å². The van der Waals surface area contributed by atoms with Crippen molar-refractivity contribution in [3.63, 3.8) is 0 Å². The third-order valence-electron chi connectivity index (χ3n) is 3.47. The fourth-order valence-electron chi connectivity index (χ4n) is 2.49. The molecule has 0 aromatic heterocycles. The zero-order valence-electron chi connectivity index (χ0n) is 12.1. The standard InChI is InChI=1S/C16H24O4/c1-11(2)8-13(17)9-15-14(18)10-19-16(20-15)12-6-4-3-5-7-12/h3-7,11,13-18H,8-10H2,1-2H3/t13-,14+,15-,16?/m0/s1. The molecule has 1 aromatic carbocycles. The van der Waals surface area contributed by atoms with Crippen LogP contribution >= 0.6 is 0 Å². The zero-order chi connectivity index (χ0) is 14.5. The van der Waals surface area contributed by atoms with E-state index in [9.17, 15) is 10.2 Å². The smallest absolute Gasteiger partial charge is 0.184 e. The summed E-state index contributed by atoms with van der Waals surface area (Å²) in [6.07, 6.45) is -0.838. The van der Waals surface area contributed by atoms with E-state index in [-0.39, 0.29) is 12.7 Å². The molecule has 4 nitrogen and oxygen atoms in total. The van der Waals surface area contributed by atoms with Gasteiger partial charge in [0.25, 0.3) is 0 Å². The quantitative estimate of drug-likeness (QED) is 0.868. The Morgan fingerprint density at radius 1 is 1.25 bits per heavy atom. The molecular weight excluding hydrogens is 256 g/mol. The van der Waals surface area contributed by atoms with Crippen LogP contribution in [0.5, 0.6) is 0 Å². The Balaban J connectivity index is 1.94. The molecule has 0 saturated carbocycles. The summed E-state index contributed by atoms with van der Waals surface area (Å²) in [6, 6.07) is 9.66. The van der Waals surface area contributed by atoms with E-state index in [4.69, 9.17) is 9.47 Å². The highest BCUT2D eigenvalue weighted by Crippen LogP contribution is 2.28. The van der Waals surface area contributed by atoms with Crippen molar-refractivity contribution in [2.45, 2.75) is 51.3 Å². The fourth-order valence-corrected chi connectivity index (χ4v) is 2.49. The maximum Gasteiger partial charge on any atom is 0.184 e. The lowest BCUT2D eigenvalue weighted by Crippen LogP contribution is -2.42. The summed E-state index contributed by atoms with van der Waals surface area (Å²) >= 11 is 0. The zero-order valence-corrected chi connectivity index (χ0v) is 12.1. The summed E-state index contributed by atoms with van der Waals surface area (Å²) < 4.78 is 11.3. The van der Waals surface area contributed by atoms with E-state index < -0.39 is 18.5 Å². The molecule has 1 unspecified atom stereocenters. The summed E-state index contributed by atoms with van der Waals surface area (Å²) in [5.41, 5.74) is 0.933. The Hall–Kier alpha value is -0.940. The third kappa shape index (κ3) is 4.28. The van der Waals surface area contributed by atoms with Gasteiger partial charge in [-0.15, -0.1) is 0 Å². The van der Waals surface area contributed by atoms with Crippen molar-refractivity contribution in [3.05, 3.63) is 35.9 Å².